The van der Waals surface area contributed by atoms with E-state index in [9.17, 15) is 0 Å². The maximum absolute atomic E-state index is 5.74. The standard InChI is InChI=1S/C14H15N5/c1-11-2-4-13(5-3-11)19-9-12(17-10-19)8-18-7-6-16-14(18)15/h2-7,9-10H,8H2,1H3,(H2,15,16). The van der Waals surface area contributed by atoms with Crippen molar-refractivity contribution in [1.29, 1.82) is 0 Å². The van der Waals surface area contributed by atoms with Gasteiger partial charge in [0.2, 0.25) is 0 Å². The van der Waals surface area contributed by atoms with Crippen LogP contribution >= 0.6 is 0 Å². The van der Waals surface area contributed by atoms with Gasteiger partial charge < -0.3 is 14.9 Å². The number of nitrogens with two attached hydrogens (primary N) is 1. The molecule has 0 aliphatic rings. The number of hydrogen-bond acceptors (Lipinski definition) is 3. The maximum Gasteiger partial charge on any atom is 0.200 e. The van der Waals surface area contributed by atoms with Crippen LogP contribution in [0.4, 0.5) is 5.95 Å². The number of anilines is 1. The minimum absolute atomic E-state index is 0.505. The Labute approximate surface area is 111 Å². The average Bonchev–Trinajstić information content (AvgIpc) is 3.01. The molecule has 0 bridgehead atoms. The summed E-state index contributed by atoms with van der Waals surface area (Å²) in [6, 6.07) is 8.32. The number of aryl methyl sites for hydroxylation is 1. The lowest BCUT2D eigenvalue weighted by Gasteiger charge is -2.02. The number of nitrogen functional groups attached to an aromatic ring is 1. The Morgan fingerprint density at radius 3 is 2.63 bits per heavy atom. The predicted molar refractivity (Wildman–Crippen MR) is 74.0 cm³/mol. The predicted octanol–water partition coefficient (Wildman–Crippen LogP) is 2.01. The summed E-state index contributed by atoms with van der Waals surface area (Å²) in [7, 11) is 0. The molecule has 0 aliphatic heterocycles. The van der Waals surface area contributed by atoms with Gasteiger partial charge in [-0.3, -0.25) is 0 Å². The molecule has 3 rings (SSSR count). The number of aromatic nitrogens is 4. The van der Waals surface area contributed by atoms with Crippen LogP contribution in [0.25, 0.3) is 5.69 Å². The molecule has 5 heteroatoms. The van der Waals surface area contributed by atoms with Crippen molar-refractivity contribution < 1.29 is 0 Å². The molecule has 5 nitrogen and oxygen atoms in total. The molecule has 0 atom stereocenters. The molecule has 0 radical (unpaired) electrons. The molecule has 0 spiro atoms. The highest BCUT2D eigenvalue weighted by Crippen LogP contribution is 2.11. The zero-order chi connectivity index (χ0) is 13.2. The summed E-state index contributed by atoms with van der Waals surface area (Å²) in [4.78, 5) is 8.38. The van der Waals surface area contributed by atoms with Crippen molar-refractivity contribution in [2.75, 3.05) is 5.73 Å². The van der Waals surface area contributed by atoms with Crippen molar-refractivity contribution in [1.82, 2.24) is 19.1 Å². The number of imidazole rings is 2. The Hall–Kier alpha value is -2.56. The van der Waals surface area contributed by atoms with Gasteiger partial charge in [0.05, 0.1) is 18.6 Å². The average molecular weight is 253 g/mol. The summed E-state index contributed by atoms with van der Waals surface area (Å²) in [5.41, 5.74) is 9.04. The molecule has 3 aromatic rings. The molecule has 2 N–H and O–H groups in total. The lowest BCUT2D eigenvalue weighted by Crippen LogP contribution is -2.03. The number of rotatable bonds is 3. The summed E-state index contributed by atoms with van der Waals surface area (Å²) in [5.74, 6) is 0.505. The van der Waals surface area contributed by atoms with Gasteiger partial charge in [-0.1, -0.05) is 17.7 Å². The Balaban J connectivity index is 1.83. The monoisotopic (exact) mass is 253 g/mol. The van der Waals surface area contributed by atoms with Crippen molar-refractivity contribution >= 4 is 5.95 Å². The second-order valence-corrected chi connectivity index (χ2v) is 4.52. The fraction of sp³-hybridized carbons (Fsp3) is 0.143. The van der Waals surface area contributed by atoms with E-state index in [1.54, 1.807) is 6.20 Å². The van der Waals surface area contributed by atoms with Gasteiger partial charge in [0, 0.05) is 24.3 Å². The van der Waals surface area contributed by atoms with Crippen molar-refractivity contribution in [2.45, 2.75) is 13.5 Å². The van der Waals surface area contributed by atoms with E-state index in [4.69, 9.17) is 5.73 Å². The molecule has 0 fully saturated rings. The van der Waals surface area contributed by atoms with Crippen LogP contribution in [0.3, 0.4) is 0 Å². The highest BCUT2D eigenvalue weighted by molar-refractivity contribution is 5.34. The summed E-state index contributed by atoms with van der Waals surface area (Å²) < 4.78 is 3.86. The zero-order valence-corrected chi connectivity index (χ0v) is 10.7. The van der Waals surface area contributed by atoms with Gasteiger partial charge in [0.25, 0.3) is 0 Å². The van der Waals surface area contributed by atoms with E-state index < -0.39 is 0 Å². The molecule has 0 saturated heterocycles. The first-order valence-electron chi connectivity index (χ1n) is 6.09. The minimum atomic E-state index is 0.505. The van der Waals surface area contributed by atoms with Gasteiger partial charge >= 0.3 is 0 Å². The fourth-order valence-corrected chi connectivity index (χ4v) is 1.95. The van der Waals surface area contributed by atoms with E-state index in [-0.39, 0.29) is 0 Å². The summed E-state index contributed by atoms with van der Waals surface area (Å²) in [6.45, 7) is 2.70. The summed E-state index contributed by atoms with van der Waals surface area (Å²) >= 11 is 0. The molecule has 2 aromatic heterocycles. The third-order valence-electron chi connectivity index (χ3n) is 3.05. The van der Waals surface area contributed by atoms with Crippen LogP contribution in [0.2, 0.25) is 0 Å². The molecule has 0 unspecified atom stereocenters. The Morgan fingerprint density at radius 2 is 1.95 bits per heavy atom. The molecule has 0 saturated carbocycles. The van der Waals surface area contributed by atoms with Crippen molar-refractivity contribution in [3.8, 4) is 5.69 Å². The fourth-order valence-electron chi connectivity index (χ4n) is 1.95. The van der Waals surface area contributed by atoms with E-state index in [1.807, 2.05) is 27.9 Å². The van der Waals surface area contributed by atoms with Gasteiger partial charge in [0.1, 0.15) is 0 Å². The third-order valence-corrected chi connectivity index (χ3v) is 3.05. The third kappa shape index (κ3) is 2.35. The molecule has 0 aliphatic carbocycles. The lowest BCUT2D eigenvalue weighted by molar-refractivity contribution is 0.790. The van der Waals surface area contributed by atoms with Crippen LogP contribution in [-0.2, 0) is 6.54 Å². The summed E-state index contributed by atoms with van der Waals surface area (Å²) in [5, 5.41) is 0. The lowest BCUT2D eigenvalue weighted by atomic mass is 10.2. The molecule has 96 valence electrons. The van der Waals surface area contributed by atoms with Crippen molar-refractivity contribution in [3.05, 3.63) is 60.4 Å². The Kier molecular flexibility index (Phi) is 2.79. The van der Waals surface area contributed by atoms with Gasteiger partial charge in [-0.05, 0) is 19.1 Å². The van der Waals surface area contributed by atoms with Gasteiger partial charge in [-0.25, -0.2) is 9.97 Å². The Bertz CT molecular complexity index is 678. The van der Waals surface area contributed by atoms with E-state index in [2.05, 4.69) is 41.2 Å². The zero-order valence-electron chi connectivity index (χ0n) is 10.7. The number of nitrogens with zero attached hydrogens (tertiary/aromatic N) is 4. The molecule has 0 amide bonds. The molecular weight excluding hydrogens is 238 g/mol. The van der Waals surface area contributed by atoms with Crippen LogP contribution in [-0.4, -0.2) is 19.1 Å². The highest BCUT2D eigenvalue weighted by atomic mass is 15.1. The first kappa shape index (κ1) is 11.5. The van der Waals surface area contributed by atoms with Crippen LogP contribution < -0.4 is 5.73 Å². The van der Waals surface area contributed by atoms with Crippen molar-refractivity contribution in [3.63, 3.8) is 0 Å². The topological polar surface area (TPSA) is 61.7 Å². The van der Waals surface area contributed by atoms with Crippen LogP contribution in [0.15, 0.2) is 49.2 Å². The molecular formula is C14H15N5. The highest BCUT2D eigenvalue weighted by Gasteiger charge is 2.04. The Morgan fingerprint density at radius 1 is 1.16 bits per heavy atom. The molecule has 2 heterocycles. The smallest absolute Gasteiger partial charge is 0.200 e. The van der Waals surface area contributed by atoms with Gasteiger partial charge in [-0.15, -0.1) is 0 Å². The van der Waals surface area contributed by atoms with Gasteiger partial charge in [0.15, 0.2) is 5.95 Å². The van der Waals surface area contributed by atoms with E-state index >= 15 is 0 Å². The number of benzene rings is 1. The first-order valence-corrected chi connectivity index (χ1v) is 6.09. The molecule has 1 aromatic carbocycles. The van der Waals surface area contributed by atoms with Crippen LogP contribution in [0.1, 0.15) is 11.3 Å². The number of hydrogen-bond donors (Lipinski definition) is 1. The van der Waals surface area contributed by atoms with Gasteiger partial charge in [-0.2, -0.15) is 0 Å². The summed E-state index contributed by atoms with van der Waals surface area (Å²) in [6.07, 6.45) is 7.35. The minimum Gasteiger partial charge on any atom is -0.369 e. The quantitative estimate of drug-likeness (QED) is 0.776. The van der Waals surface area contributed by atoms with Crippen LogP contribution in [0, 0.1) is 6.92 Å². The van der Waals surface area contributed by atoms with E-state index in [1.165, 1.54) is 5.56 Å². The normalized spacial score (nSPS) is 10.8. The first-order chi connectivity index (χ1) is 9.22. The largest absolute Gasteiger partial charge is 0.369 e. The van der Waals surface area contributed by atoms with E-state index in [0.717, 1.165) is 11.4 Å². The van der Waals surface area contributed by atoms with Crippen molar-refractivity contribution in [2.24, 2.45) is 0 Å². The van der Waals surface area contributed by atoms with E-state index in [0.29, 0.717) is 12.5 Å². The van der Waals surface area contributed by atoms with Crippen LogP contribution in [0.5, 0.6) is 0 Å². The SMILES string of the molecule is Cc1ccc(-n2cnc(Cn3ccnc3N)c2)cc1. The molecule has 19 heavy (non-hydrogen) atoms. The maximum atomic E-state index is 5.74. The second kappa shape index (κ2) is 4.61. The second-order valence-electron chi connectivity index (χ2n) is 4.52.